The standard InChI is InChI=1S/C22H20F2N2O2S/c23-17-7-5-16(6-8-17)22(9-11-28-12-10-22)26-21(27)19-14-29-20(25-19)13-15-3-1-2-4-18(15)24/h1-8,14H,9-13H2,(H,26,27). The van der Waals surface area contributed by atoms with E-state index in [2.05, 4.69) is 10.3 Å². The molecule has 1 aliphatic rings. The first-order valence-electron chi connectivity index (χ1n) is 9.40. The first-order valence-corrected chi connectivity index (χ1v) is 10.3. The molecule has 3 aromatic rings. The molecule has 2 aromatic carbocycles. The number of ether oxygens (including phenoxy) is 1. The summed E-state index contributed by atoms with van der Waals surface area (Å²) in [6, 6.07) is 12.7. The van der Waals surface area contributed by atoms with Gasteiger partial charge in [-0.25, -0.2) is 13.8 Å². The average Bonchev–Trinajstić information content (AvgIpc) is 3.20. The average molecular weight is 414 g/mol. The maximum absolute atomic E-state index is 13.9. The van der Waals surface area contributed by atoms with Crippen LogP contribution < -0.4 is 5.32 Å². The van der Waals surface area contributed by atoms with Gasteiger partial charge in [-0.15, -0.1) is 11.3 Å². The lowest BCUT2D eigenvalue weighted by Crippen LogP contribution is -2.49. The number of thiazole rings is 1. The van der Waals surface area contributed by atoms with Crippen LogP contribution in [0.3, 0.4) is 0 Å². The summed E-state index contributed by atoms with van der Waals surface area (Å²) in [5, 5.41) is 5.45. The SMILES string of the molecule is O=C(NC1(c2ccc(F)cc2)CCOCC1)c1csc(Cc2ccccc2F)n1. The van der Waals surface area contributed by atoms with Crippen LogP contribution in [0.5, 0.6) is 0 Å². The Labute approximate surface area is 171 Å². The Hall–Kier alpha value is -2.64. The molecule has 4 nitrogen and oxygen atoms in total. The van der Waals surface area contributed by atoms with Crippen molar-refractivity contribution in [1.29, 1.82) is 0 Å². The molecule has 1 aromatic heterocycles. The molecule has 0 spiro atoms. The largest absolute Gasteiger partial charge is 0.381 e. The third-order valence-electron chi connectivity index (χ3n) is 5.18. The second kappa shape index (κ2) is 8.39. The second-order valence-corrected chi connectivity index (χ2v) is 7.99. The predicted octanol–water partition coefficient (Wildman–Crippen LogP) is 4.45. The minimum atomic E-state index is -0.627. The first-order chi connectivity index (χ1) is 14.1. The fourth-order valence-electron chi connectivity index (χ4n) is 3.56. The number of hydrogen-bond donors (Lipinski definition) is 1. The molecule has 2 heterocycles. The number of hydrogen-bond acceptors (Lipinski definition) is 4. The summed E-state index contributed by atoms with van der Waals surface area (Å²) in [5.41, 5.74) is 1.06. The van der Waals surface area contributed by atoms with Crippen LogP contribution in [0.25, 0.3) is 0 Å². The summed E-state index contributed by atoms with van der Waals surface area (Å²) in [7, 11) is 0. The predicted molar refractivity (Wildman–Crippen MR) is 107 cm³/mol. The van der Waals surface area contributed by atoms with Gasteiger partial charge in [-0.1, -0.05) is 30.3 Å². The number of nitrogens with one attached hydrogen (secondary N) is 1. The topological polar surface area (TPSA) is 51.2 Å². The van der Waals surface area contributed by atoms with Gasteiger partial charge in [0.2, 0.25) is 0 Å². The highest BCUT2D eigenvalue weighted by Crippen LogP contribution is 2.33. The Kier molecular flexibility index (Phi) is 5.69. The third-order valence-corrected chi connectivity index (χ3v) is 6.03. The highest BCUT2D eigenvalue weighted by molar-refractivity contribution is 7.09. The maximum Gasteiger partial charge on any atom is 0.271 e. The molecule has 0 bridgehead atoms. The Morgan fingerprint density at radius 3 is 2.55 bits per heavy atom. The van der Waals surface area contributed by atoms with Crippen molar-refractivity contribution >= 4 is 17.2 Å². The second-order valence-electron chi connectivity index (χ2n) is 7.05. The van der Waals surface area contributed by atoms with Crippen LogP contribution in [0, 0.1) is 11.6 Å². The molecule has 1 N–H and O–H groups in total. The van der Waals surface area contributed by atoms with E-state index >= 15 is 0 Å². The molecule has 150 valence electrons. The van der Waals surface area contributed by atoms with Crippen LogP contribution in [-0.4, -0.2) is 24.1 Å². The van der Waals surface area contributed by atoms with Gasteiger partial charge < -0.3 is 10.1 Å². The minimum Gasteiger partial charge on any atom is -0.381 e. The van der Waals surface area contributed by atoms with Crippen molar-refractivity contribution in [2.45, 2.75) is 24.8 Å². The molecule has 0 aliphatic carbocycles. The van der Waals surface area contributed by atoms with Gasteiger partial charge in [-0.05, 0) is 42.2 Å². The van der Waals surface area contributed by atoms with Crippen LogP contribution >= 0.6 is 11.3 Å². The quantitative estimate of drug-likeness (QED) is 0.671. The van der Waals surface area contributed by atoms with E-state index in [-0.39, 0.29) is 17.5 Å². The molecule has 0 unspecified atom stereocenters. The maximum atomic E-state index is 13.9. The molecule has 4 rings (SSSR count). The summed E-state index contributed by atoms with van der Waals surface area (Å²) >= 11 is 1.33. The normalized spacial score (nSPS) is 15.8. The molecule has 1 amide bonds. The lowest BCUT2D eigenvalue weighted by molar-refractivity contribution is 0.0344. The van der Waals surface area contributed by atoms with Crippen molar-refractivity contribution in [3.63, 3.8) is 0 Å². The van der Waals surface area contributed by atoms with Crippen molar-refractivity contribution in [1.82, 2.24) is 10.3 Å². The van der Waals surface area contributed by atoms with E-state index in [1.165, 1.54) is 29.5 Å². The number of amides is 1. The number of aromatic nitrogens is 1. The monoisotopic (exact) mass is 414 g/mol. The zero-order chi connectivity index (χ0) is 20.3. The number of nitrogens with zero attached hydrogens (tertiary/aromatic N) is 1. The van der Waals surface area contributed by atoms with E-state index in [1.54, 1.807) is 35.7 Å². The van der Waals surface area contributed by atoms with Gasteiger partial charge in [-0.2, -0.15) is 0 Å². The van der Waals surface area contributed by atoms with Gasteiger partial charge in [-0.3, -0.25) is 4.79 Å². The number of halogens is 2. The lowest BCUT2D eigenvalue weighted by atomic mass is 9.82. The number of rotatable bonds is 5. The van der Waals surface area contributed by atoms with E-state index in [1.807, 2.05) is 0 Å². The van der Waals surface area contributed by atoms with E-state index in [0.29, 0.717) is 48.7 Å². The fourth-order valence-corrected chi connectivity index (χ4v) is 4.35. The molecule has 1 fully saturated rings. The number of carbonyl (C=O) groups is 1. The van der Waals surface area contributed by atoms with Crippen molar-refractivity contribution in [3.8, 4) is 0 Å². The molecular weight excluding hydrogens is 394 g/mol. The Balaban J connectivity index is 1.53. The van der Waals surface area contributed by atoms with Gasteiger partial charge in [0, 0.05) is 25.0 Å². The summed E-state index contributed by atoms with van der Waals surface area (Å²) < 4.78 is 32.7. The van der Waals surface area contributed by atoms with Crippen LogP contribution in [0.15, 0.2) is 53.9 Å². The molecule has 0 radical (unpaired) electrons. The summed E-state index contributed by atoms with van der Waals surface area (Å²) in [6.45, 7) is 1.01. The number of benzene rings is 2. The van der Waals surface area contributed by atoms with Crippen LogP contribution in [0.2, 0.25) is 0 Å². The first kappa shape index (κ1) is 19.7. The molecular formula is C22H20F2N2O2S. The highest BCUT2D eigenvalue weighted by Gasteiger charge is 2.36. The highest BCUT2D eigenvalue weighted by atomic mass is 32.1. The molecule has 1 aliphatic heterocycles. The summed E-state index contributed by atoms with van der Waals surface area (Å²) in [4.78, 5) is 17.3. The molecule has 1 saturated heterocycles. The van der Waals surface area contributed by atoms with Crippen molar-refractivity contribution < 1.29 is 18.3 Å². The summed E-state index contributed by atoms with van der Waals surface area (Å²) in [6.07, 6.45) is 1.52. The molecule has 29 heavy (non-hydrogen) atoms. The lowest BCUT2D eigenvalue weighted by Gasteiger charge is -2.38. The van der Waals surface area contributed by atoms with Crippen LogP contribution in [0.1, 0.15) is 39.5 Å². The Bertz CT molecular complexity index is 998. The number of carbonyl (C=O) groups excluding carboxylic acids is 1. The van der Waals surface area contributed by atoms with E-state index in [9.17, 15) is 13.6 Å². The van der Waals surface area contributed by atoms with Gasteiger partial charge in [0.05, 0.1) is 10.5 Å². The zero-order valence-electron chi connectivity index (χ0n) is 15.7. The van der Waals surface area contributed by atoms with Crippen LogP contribution in [0.4, 0.5) is 8.78 Å². The molecule has 0 atom stereocenters. The Morgan fingerprint density at radius 2 is 1.83 bits per heavy atom. The third kappa shape index (κ3) is 4.36. The van der Waals surface area contributed by atoms with Gasteiger partial charge in [0.15, 0.2) is 0 Å². The Morgan fingerprint density at radius 1 is 1.10 bits per heavy atom. The van der Waals surface area contributed by atoms with Crippen molar-refractivity contribution in [3.05, 3.63) is 87.4 Å². The van der Waals surface area contributed by atoms with E-state index < -0.39 is 5.54 Å². The zero-order valence-corrected chi connectivity index (χ0v) is 16.5. The molecule has 7 heteroatoms. The van der Waals surface area contributed by atoms with Gasteiger partial charge in [0.1, 0.15) is 17.3 Å². The van der Waals surface area contributed by atoms with Crippen LogP contribution in [-0.2, 0) is 16.7 Å². The van der Waals surface area contributed by atoms with E-state index in [4.69, 9.17) is 4.74 Å². The van der Waals surface area contributed by atoms with Gasteiger partial charge in [0.25, 0.3) is 5.91 Å². The van der Waals surface area contributed by atoms with E-state index in [0.717, 1.165) is 5.56 Å². The molecule has 0 saturated carbocycles. The van der Waals surface area contributed by atoms with Crippen molar-refractivity contribution in [2.75, 3.05) is 13.2 Å². The fraction of sp³-hybridized carbons (Fsp3) is 0.273. The van der Waals surface area contributed by atoms with Crippen molar-refractivity contribution in [2.24, 2.45) is 0 Å². The summed E-state index contributed by atoms with van der Waals surface area (Å²) in [5.74, 6) is -0.905. The van der Waals surface area contributed by atoms with Gasteiger partial charge >= 0.3 is 0 Å². The minimum absolute atomic E-state index is 0.286. The smallest absolute Gasteiger partial charge is 0.271 e.